The third-order valence-corrected chi connectivity index (χ3v) is 3.30. The predicted molar refractivity (Wildman–Crippen MR) is 73.1 cm³/mol. The van der Waals surface area contributed by atoms with Crippen molar-refractivity contribution in [1.82, 2.24) is 15.2 Å². The van der Waals surface area contributed by atoms with Crippen LogP contribution in [0.3, 0.4) is 0 Å². The molecule has 0 aromatic carbocycles. The minimum Gasteiger partial charge on any atom is -0.452 e. The zero-order chi connectivity index (χ0) is 13.1. The van der Waals surface area contributed by atoms with Crippen molar-refractivity contribution in [3.8, 4) is 0 Å². The van der Waals surface area contributed by atoms with Crippen molar-refractivity contribution < 1.29 is 4.42 Å². The number of furan rings is 1. The van der Waals surface area contributed by atoms with Crippen LogP contribution in [0.1, 0.15) is 30.8 Å². The molecule has 0 radical (unpaired) electrons. The van der Waals surface area contributed by atoms with Crippen LogP contribution in [0, 0.1) is 0 Å². The van der Waals surface area contributed by atoms with Crippen molar-refractivity contribution in [2.45, 2.75) is 25.9 Å². The molecule has 0 aliphatic rings. The summed E-state index contributed by atoms with van der Waals surface area (Å²) in [6, 6.07) is 3.33. The van der Waals surface area contributed by atoms with Gasteiger partial charge in [-0.15, -0.1) is 0 Å². The second kappa shape index (κ2) is 5.88. The van der Waals surface area contributed by atoms with Gasteiger partial charge in [-0.2, -0.15) is 5.10 Å². The quantitative estimate of drug-likeness (QED) is 0.652. The number of aryl methyl sites for hydroxylation is 1. The van der Waals surface area contributed by atoms with E-state index in [1.807, 2.05) is 16.8 Å². The second-order valence-corrected chi connectivity index (χ2v) is 5.03. The van der Waals surface area contributed by atoms with Gasteiger partial charge in [0.25, 0.3) is 0 Å². The molecular formula is C11H14BrClN4O. The number of nitrogens with one attached hydrogen (secondary N) is 1. The van der Waals surface area contributed by atoms with E-state index in [2.05, 4.69) is 33.4 Å². The van der Waals surface area contributed by atoms with E-state index in [0.29, 0.717) is 15.5 Å². The summed E-state index contributed by atoms with van der Waals surface area (Å²) >= 11 is 9.45. The van der Waals surface area contributed by atoms with E-state index in [4.69, 9.17) is 21.9 Å². The zero-order valence-electron chi connectivity index (χ0n) is 9.86. The average molecular weight is 334 g/mol. The Hall–Kier alpha value is -0.820. The lowest BCUT2D eigenvalue weighted by molar-refractivity contribution is 0.417. The molecule has 7 heteroatoms. The van der Waals surface area contributed by atoms with E-state index in [-0.39, 0.29) is 6.04 Å². The highest BCUT2D eigenvalue weighted by atomic mass is 79.9. The number of aromatic nitrogens is 2. The molecule has 2 rings (SSSR count). The minimum absolute atomic E-state index is 0.321. The molecule has 3 N–H and O–H groups in total. The highest BCUT2D eigenvalue weighted by molar-refractivity contribution is 9.10. The Labute approximate surface area is 118 Å². The van der Waals surface area contributed by atoms with Gasteiger partial charge in [0.05, 0.1) is 16.9 Å². The van der Waals surface area contributed by atoms with E-state index in [1.54, 1.807) is 6.20 Å². The molecule has 2 heterocycles. The molecule has 1 unspecified atom stereocenters. The standard InChI is InChI=1S/C11H14BrClN4O/c1-2-5-17-11(7(13)6-15-17)10(16-14)8-3-4-9(12)18-8/h3-4,6,10,16H,2,5,14H2,1H3. The van der Waals surface area contributed by atoms with Crippen LogP contribution in [0.4, 0.5) is 0 Å². The van der Waals surface area contributed by atoms with Crippen molar-refractivity contribution in [2.24, 2.45) is 5.84 Å². The Kier molecular flexibility index (Phi) is 4.45. The Morgan fingerprint density at radius 3 is 2.94 bits per heavy atom. The zero-order valence-corrected chi connectivity index (χ0v) is 12.2. The summed E-state index contributed by atoms with van der Waals surface area (Å²) in [4.78, 5) is 0. The van der Waals surface area contributed by atoms with Crippen LogP contribution in [-0.2, 0) is 6.54 Å². The lowest BCUT2D eigenvalue weighted by Crippen LogP contribution is -2.30. The van der Waals surface area contributed by atoms with Gasteiger partial charge in [-0.3, -0.25) is 10.5 Å². The summed E-state index contributed by atoms with van der Waals surface area (Å²) in [5.41, 5.74) is 3.52. The van der Waals surface area contributed by atoms with Crippen molar-refractivity contribution in [2.75, 3.05) is 0 Å². The third-order valence-electron chi connectivity index (χ3n) is 2.59. The number of nitrogens with zero attached hydrogens (tertiary/aromatic N) is 2. The first-order chi connectivity index (χ1) is 8.67. The summed E-state index contributed by atoms with van der Waals surface area (Å²) in [7, 11) is 0. The first-order valence-electron chi connectivity index (χ1n) is 5.60. The Balaban J connectivity index is 2.41. The number of rotatable bonds is 5. The first-order valence-corrected chi connectivity index (χ1v) is 6.77. The lowest BCUT2D eigenvalue weighted by atomic mass is 10.1. The third kappa shape index (κ3) is 2.61. The van der Waals surface area contributed by atoms with Crippen LogP contribution in [0.15, 0.2) is 27.4 Å². The van der Waals surface area contributed by atoms with Gasteiger partial charge in [0, 0.05) is 6.54 Å². The van der Waals surface area contributed by atoms with Crippen LogP contribution < -0.4 is 11.3 Å². The van der Waals surface area contributed by atoms with Crippen LogP contribution in [-0.4, -0.2) is 9.78 Å². The summed E-state index contributed by atoms with van der Waals surface area (Å²) < 4.78 is 8.01. The van der Waals surface area contributed by atoms with Crippen LogP contribution in [0.5, 0.6) is 0 Å². The Morgan fingerprint density at radius 2 is 2.39 bits per heavy atom. The highest BCUT2D eigenvalue weighted by Gasteiger charge is 2.23. The van der Waals surface area contributed by atoms with Crippen LogP contribution in [0.2, 0.25) is 5.02 Å². The molecule has 0 saturated heterocycles. The predicted octanol–water partition coefficient (Wildman–Crippen LogP) is 2.85. The maximum Gasteiger partial charge on any atom is 0.169 e. The number of halogens is 2. The van der Waals surface area contributed by atoms with Gasteiger partial charge in [0.15, 0.2) is 4.67 Å². The van der Waals surface area contributed by atoms with Crippen molar-refractivity contribution in [1.29, 1.82) is 0 Å². The molecule has 0 saturated carbocycles. The smallest absolute Gasteiger partial charge is 0.169 e. The van der Waals surface area contributed by atoms with E-state index < -0.39 is 0 Å². The van der Waals surface area contributed by atoms with Gasteiger partial charge >= 0.3 is 0 Å². The van der Waals surface area contributed by atoms with Gasteiger partial charge in [-0.25, -0.2) is 5.43 Å². The topological polar surface area (TPSA) is 69.0 Å². The van der Waals surface area contributed by atoms with Gasteiger partial charge in [-0.05, 0) is 34.5 Å². The largest absolute Gasteiger partial charge is 0.452 e. The fourth-order valence-electron chi connectivity index (χ4n) is 1.83. The molecule has 0 bridgehead atoms. The van der Waals surface area contributed by atoms with Crippen molar-refractivity contribution >= 4 is 27.5 Å². The molecular weight excluding hydrogens is 320 g/mol. The molecule has 1 atom stereocenters. The number of nitrogens with two attached hydrogens (primary N) is 1. The van der Waals surface area contributed by atoms with Crippen molar-refractivity contribution in [3.63, 3.8) is 0 Å². The maximum absolute atomic E-state index is 6.18. The number of hydrazine groups is 1. The lowest BCUT2D eigenvalue weighted by Gasteiger charge is -2.16. The SMILES string of the molecule is CCCn1ncc(Cl)c1C(NN)c1ccc(Br)o1. The summed E-state index contributed by atoms with van der Waals surface area (Å²) in [6.45, 7) is 2.86. The average Bonchev–Trinajstić information content (AvgIpc) is 2.91. The Bertz CT molecular complexity index is 525. The highest BCUT2D eigenvalue weighted by Crippen LogP contribution is 2.30. The molecule has 0 amide bonds. The molecule has 18 heavy (non-hydrogen) atoms. The van der Waals surface area contributed by atoms with Gasteiger partial charge in [0.2, 0.25) is 0 Å². The number of hydrogen-bond donors (Lipinski definition) is 2. The monoisotopic (exact) mass is 332 g/mol. The van der Waals surface area contributed by atoms with Crippen molar-refractivity contribution in [3.05, 3.63) is 39.5 Å². The Morgan fingerprint density at radius 1 is 1.61 bits per heavy atom. The van der Waals surface area contributed by atoms with E-state index in [9.17, 15) is 0 Å². The summed E-state index contributed by atoms with van der Waals surface area (Å²) in [5, 5.41) is 4.81. The maximum atomic E-state index is 6.18. The minimum atomic E-state index is -0.321. The van der Waals surface area contributed by atoms with E-state index >= 15 is 0 Å². The van der Waals surface area contributed by atoms with E-state index in [0.717, 1.165) is 18.7 Å². The summed E-state index contributed by atoms with van der Waals surface area (Å²) in [6.07, 6.45) is 2.58. The van der Waals surface area contributed by atoms with Gasteiger partial charge in [-0.1, -0.05) is 18.5 Å². The molecule has 0 aliphatic carbocycles. The molecule has 2 aromatic rings. The molecule has 0 aliphatic heterocycles. The second-order valence-electron chi connectivity index (χ2n) is 3.84. The normalized spacial score (nSPS) is 12.9. The fraction of sp³-hybridized carbons (Fsp3) is 0.364. The van der Waals surface area contributed by atoms with Crippen LogP contribution in [0.25, 0.3) is 0 Å². The van der Waals surface area contributed by atoms with Crippen LogP contribution >= 0.6 is 27.5 Å². The molecule has 5 nitrogen and oxygen atoms in total. The molecule has 2 aromatic heterocycles. The molecule has 0 fully saturated rings. The first kappa shape index (κ1) is 13.6. The fourth-order valence-corrected chi connectivity index (χ4v) is 2.40. The van der Waals surface area contributed by atoms with E-state index in [1.165, 1.54) is 0 Å². The number of hydrogen-bond acceptors (Lipinski definition) is 4. The molecule has 0 spiro atoms. The van der Waals surface area contributed by atoms with Gasteiger partial charge < -0.3 is 4.42 Å². The molecule has 98 valence electrons. The van der Waals surface area contributed by atoms with Gasteiger partial charge in [0.1, 0.15) is 11.8 Å². The summed E-state index contributed by atoms with van der Waals surface area (Å²) in [5.74, 6) is 6.30.